The van der Waals surface area contributed by atoms with Gasteiger partial charge in [-0.25, -0.2) is 4.98 Å². The standard InChI is InChI=1S/C21H19N3OS/c1-15(17-10-9-16-6-2-3-7-18(16)12-17)23-20(25)14-26-21-22-13-19-8-4-5-11-24(19)21/h2-13,15H,14H2,1H3,(H,23,25). The number of fused-ring (bicyclic) bond motifs is 2. The lowest BCUT2D eigenvalue weighted by molar-refractivity contribution is -0.119. The highest BCUT2D eigenvalue weighted by atomic mass is 32.2. The predicted molar refractivity (Wildman–Crippen MR) is 106 cm³/mol. The second-order valence-electron chi connectivity index (χ2n) is 6.22. The van der Waals surface area contributed by atoms with Crippen LogP contribution in [0.2, 0.25) is 0 Å². The molecule has 0 radical (unpaired) electrons. The lowest BCUT2D eigenvalue weighted by Crippen LogP contribution is -2.28. The molecule has 2 aromatic carbocycles. The molecule has 0 bridgehead atoms. The number of carbonyl (C=O) groups is 1. The second kappa shape index (κ2) is 7.22. The topological polar surface area (TPSA) is 46.4 Å². The van der Waals surface area contributed by atoms with Crippen LogP contribution >= 0.6 is 11.8 Å². The first kappa shape index (κ1) is 16.7. The summed E-state index contributed by atoms with van der Waals surface area (Å²) in [4.78, 5) is 16.7. The number of benzene rings is 2. The van der Waals surface area contributed by atoms with Gasteiger partial charge in [0.25, 0.3) is 0 Å². The highest BCUT2D eigenvalue weighted by molar-refractivity contribution is 7.99. The van der Waals surface area contributed by atoms with E-state index in [9.17, 15) is 4.79 Å². The summed E-state index contributed by atoms with van der Waals surface area (Å²) in [7, 11) is 0. The fourth-order valence-corrected chi connectivity index (χ4v) is 3.78. The van der Waals surface area contributed by atoms with Crippen LogP contribution in [0.15, 0.2) is 78.2 Å². The van der Waals surface area contributed by atoms with E-state index >= 15 is 0 Å². The van der Waals surface area contributed by atoms with Gasteiger partial charge in [0.05, 0.1) is 23.5 Å². The van der Waals surface area contributed by atoms with Crippen LogP contribution in [0, 0.1) is 0 Å². The molecule has 0 aliphatic rings. The maximum Gasteiger partial charge on any atom is 0.230 e. The van der Waals surface area contributed by atoms with Gasteiger partial charge in [-0.3, -0.25) is 9.20 Å². The van der Waals surface area contributed by atoms with E-state index in [4.69, 9.17) is 0 Å². The number of thioether (sulfide) groups is 1. The van der Waals surface area contributed by atoms with Gasteiger partial charge >= 0.3 is 0 Å². The average Bonchev–Trinajstić information content (AvgIpc) is 3.09. The SMILES string of the molecule is CC(NC(=O)CSc1ncc2ccccn12)c1ccc2ccccc2c1. The highest BCUT2D eigenvalue weighted by Crippen LogP contribution is 2.21. The fourth-order valence-electron chi connectivity index (χ4n) is 3.00. The van der Waals surface area contributed by atoms with E-state index in [1.807, 2.05) is 54.0 Å². The van der Waals surface area contributed by atoms with E-state index in [1.54, 1.807) is 0 Å². The van der Waals surface area contributed by atoms with Gasteiger partial charge in [-0.1, -0.05) is 54.2 Å². The molecule has 0 saturated carbocycles. The summed E-state index contributed by atoms with van der Waals surface area (Å²) in [6.07, 6.45) is 3.78. The molecule has 26 heavy (non-hydrogen) atoms. The molecule has 5 heteroatoms. The van der Waals surface area contributed by atoms with Crippen LogP contribution in [0.1, 0.15) is 18.5 Å². The molecule has 2 aromatic heterocycles. The molecule has 0 aliphatic heterocycles. The first-order chi connectivity index (χ1) is 12.7. The molecular weight excluding hydrogens is 342 g/mol. The van der Waals surface area contributed by atoms with Crippen LogP contribution in [0.25, 0.3) is 16.3 Å². The quantitative estimate of drug-likeness (QED) is 0.534. The van der Waals surface area contributed by atoms with E-state index in [0.29, 0.717) is 5.75 Å². The molecule has 1 atom stereocenters. The van der Waals surface area contributed by atoms with Crippen LogP contribution in [0.3, 0.4) is 0 Å². The summed E-state index contributed by atoms with van der Waals surface area (Å²) in [5.41, 5.74) is 2.13. The highest BCUT2D eigenvalue weighted by Gasteiger charge is 2.12. The van der Waals surface area contributed by atoms with Crippen molar-refractivity contribution < 1.29 is 4.79 Å². The van der Waals surface area contributed by atoms with Gasteiger partial charge < -0.3 is 5.32 Å². The Kier molecular flexibility index (Phi) is 4.63. The number of carbonyl (C=O) groups excluding carboxylic acids is 1. The van der Waals surface area contributed by atoms with Gasteiger partial charge in [0.15, 0.2) is 5.16 Å². The zero-order valence-corrected chi connectivity index (χ0v) is 15.2. The summed E-state index contributed by atoms with van der Waals surface area (Å²) in [6, 6.07) is 20.4. The van der Waals surface area contributed by atoms with Gasteiger partial charge in [0.2, 0.25) is 5.91 Å². The Morgan fingerprint density at radius 1 is 1.12 bits per heavy atom. The van der Waals surface area contributed by atoms with Crippen molar-refractivity contribution in [3.8, 4) is 0 Å². The molecule has 0 saturated heterocycles. The monoisotopic (exact) mass is 361 g/mol. The normalized spacial score (nSPS) is 12.3. The van der Waals surface area contributed by atoms with Crippen molar-refractivity contribution in [3.63, 3.8) is 0 Å². The Bertz CT molecular complexity index is 1070. The van der Waals surface area contributed by atoms with Crippen molar-refractivity contribution in [2.24, 2.45) is 0 Å². The lowest BCUT2D eigenvalue weighted by atomic mass is 10.0. The molecule has 0 fully saturated rings. The number of amides is 1. The first-order valence-electron chi connectivity index (χ1n) is 8.54. The minimum absolute atomic E-state index is 0.00309. The molecule has 1 unspecified atom stereocenters. The summed E-state index contributed by atoms with van der Waals surface area (Å²) < 4.78 is 1.99. The Hall–Kier alpha value is -2.79. The summed E-state index contributed by atoms with van der Waals surface area (Å²) in [5.74, 6) is 0.342. The van der Waals surface area contributed by atoms with Crippen molar-refractivity contribution in [3.05, 3.63) is 78.6 Å². The number of pyridine rings is 1. The molecule has 130 valence electrons. The number of imidazole rings is 1. The predicted octanol–water partition coefficient (Wildman–Crippen LogP) is 4.46. The van der Waals surface area contributed by atoms with Gasteiger partial charge in [-0.15, -0.1) is 0 Å². The van der Waals surface area contributed by atoms with Crippen LogP contribution in [0.4, 0.5) is 0 Å². The number of hydrogen-bond donors (Lipinski definition) is 1. The van der Waals surface area contributed by atoms with Gasteiger partial charge in [0.1, 0.15) is 0 Å². The number of aromatic nitrogens is 2. The molecule has 4 aromatic rings. The molecule has 2 heterocycles. The molecule has 1 N–H and O–H groups in total. The maximum atomic E-state index is 12.4. The Labute approximate surface area is 156 Å². The molecule has 0 aliphatic carbocycles. The van der Waals surface area contributed by atoms with E-state index < -0.39 is 0 Å². The lowest BCUT2D eigenvalue weighted by Gasteiger charge is -2.15. The summed E-state index contributed by atoms with van der Waals surface area (Å²) in [6.45, 7) is 2.01. The van der Waals surface area contributed by atoms with E-state index in [2.05, 4.69) is 40.6 Å². The largest absolute Gasteiger partial charge is 0.349 e. The molecule has 1 amide bonds. The Balaban J connectivity index is 1.40. The molecule has 0 spiro atoms. The number of hydrogen-bond acceptors (Lipinski definition) is 3. The van der Waals surface area contributed by atoms with Gasteiger partial charge in [-0.2, -0.15) is 0 Å². The smallest absolute Gasteiger partial charge is 0.230 e. The fraction of sp³-hybridized carbons (Fsp3) is 0.143. The van der Waals surface area contributed by atoms with E-state index in [0.717, 1.165) is 16.2 Å². The molecule has 4 nitrogen and oxygen atoms in total. The van der Waals surface area contributed by atoms with Crippen molar-refractivity contribution in [2.75, 3.05) is 5.75 Å². The third kappa shape index (κ3) is 3.44. The Morgan fingerprint density at radius 3 is 2.81 bits per heavy atom. The van der Waals surface area contributed by atoms with Crippen molar-refractivity contribution in [1.82, 2.24) is 14.7 Å². The van der Waals surface area contributed by atoms with Crippen LogP contribution < -0.4 is 5.32 Å². The second-order valence-corrected chi connectivity index (χ2v) is 7.16. The van der Waals surface area contributed by atoms with Crippen molar-refractivity contribution in [2.45, 2.75) is 18.1 Å². The zero-order chi connectivity index (χ0) is 17.9. The third-order valence-corrected chi connectivity index (χ3v) is 5.35. The van der Waals surface area contributed by atoms with E-state index in [-0.39, 0.29) is 11.9 Å². The number of nitrogens with zero attached hydrogens (tertiary/aromatic N) is 2. The van der Waals surface area contributed by atoms with Crippen molar-refractivity contribution >= 4 is 34.0 Å². The van der Waals surface area contributed by atoms with Gasteiger partial charge in [0, 0.05) is 6.20 Å². The van der Waals surface area contributed by atoms with Crippen LogP contribution in [0.5, 0.6) is 0 Å². The van der Waals surface area contributed by atoms with Crippen LogP contribution in [-0.2, 0) is 4.79 Å². The molecule has 4 rings (SSSR count). The van der Waals surface area contributed by atoms with E-state index in [1.165, 1.54) is 22.5 Å². The number of rotatable bonds is 5. The zero-order valence-electron chi connectivity index (χ0n) is 14.4. The summed E-state index contributed by atoms with van der Waals surface area (Å²) in [5, 5.41) is 6.29. The number of nitrogens with one attached hydrogen (secondary N) is 1. The van der Waals surface area contributed by atoms with Crippen molar-refractivity contribution in [1.29, 1.82) is 0 Å². The van der Waals surface area contributed by atoms with Crippen LogP contribution in [-0.4, -0.2) is 21.0 Å². The minimum atomic E-state index is -0.0373. The molecular formula is C21H19N3OS. The minimum Gasteiger partial charge on any atom is -0.349 e. The van der Waals surface area contributed by atoms with Gasteiger partial charge in [-0.05, 0) is 41.5 Å². The Morgan fingerprint density at radius 2 is 1.92 bits per heavy atom. The summed E-state index contributed by atoms with van der Waals surface area (Å²) >= 11 is 1.44. The average molecular weight is 361 g/mol. The first-order valence-corrected chi connectivity index (χ1v) is 9.52. The maximum absolute atomic E-state index is 12.4. The third-order valence-electron chi connectivity index (χ3n) is 4.39.